The highest BCUT2D eigenvalue weighted by atomic mass is 19.1. The molecule has 39 heavy (non-hydrogen) atoms. The van der Waals surface area contributed by atoms with E-state index in [0.29, 0.717) is 29.4 Å². The minimum absolute atomic E-state index is 0.215. The van der Waals surface area contributed by atoms with Crippen molar-refractivity contribution in [1.29, 1.82) is 0 Å². The second-order valence-electron chi connectivity index (χ2n) is 10.7. The van der Waals surface area contributed by atoms with Crippen LogP contribution in [0.2, 0.25) is 0 Å². The molecule has 1 saturated heterocycles. The van der Waals surface area contributed by atoms with Crippen LogP contribution in [-0.4, -0.2) is 46.4 Å². The molecule has 0 spiro atoms. The Hall–Kier alpha value is -3.78. The Labute approximate surface area is 228 Å². The van der Waals surface area contributed by atoms with E-state index in [1.807, 2.05) is 24.3 Å². The molecule has 202 valence electrons. The molecule has 0 amide bonds. The highest BCUT2D eigenvalue weighted by molar-refractivity contribution is 5.67. The Bertz CT molecular complexity index is 1390. The molecule has 1 saturated carbocycles. The van der Waals surface area contributed by atoms with Crippen molar-refractivity contribution in [2.24, 2.45) is 0 Å². The van der Waals surface area contributed by atoms with E-state index in [9.17, 15) is 4.39 Å². The van der Waals surface area contributed by atoms with Gasteiger partial charge in [0.15, 0.2) is 0 Å². The minimum Gasteiger partial charge on any atom is -0.421 e. The number of nitrogens with one attached hydrogen (secondary N) is 2. The third-order valence-electron chi connectivity index (χ3n) is 7.92. The first kappa shape index (κ1) is 25.5. The van der Waals surface area contributed by atoms with Crippen molar-refractivity contribution >= 4 is 11.5 Å². The second-order valence-corrected chi connectivity index (χ2v) is 10.7. The molecule has 2 aromatic carbocycles. The lowest BCUT2D eigenvalue weighted by Crippen LogP contribution is -2.54. The molecule has 1 aliphatic carbocycles. The highest BCUT2D eigenvalue weighted by Gasteiger charge is 2.29. The summed E-state index contributed by atoms with van der Waals surface area (Å²) in [6.07, 6.45) is 8.74. The zero-order valence-corrected chi connectivity index (χ0v) is 22.3. The Kier molecular flexibility index (Phi) is 7.54. The Balaban J connectivity index is 1.10. The molecular formula is C31H35FN6O. The van der Waals surface area contributed by atoms with Gasteiger partial charge in [0.1, 0.15) is 11.6 Å². The molecule has 2 fully saturated rings. The van der Waals surface area contributed by atoms with Crippen LogP contribution in [0.1, 0.15) is 44.4 Å². The molecule has 0 radical (unpaired) electrons. The first-order valence-corrected chi connectivity index (χ1v) is 14.0. The van der Waals surface area contributed by atoms with Gasteiger partial charge in [-0.15, -0.1) is 10.2 Å². The monoisotopic (exact) mass is 526 g/mol. The molecule has 1 unspecified atom stereocenters. The fourth-order valence-corrected chi connectivity index (χ4v) is 5.94. The molecule has 0 bridgehead atoms. The second kappa shape index (κ2) is 11.5. The summed E-state index contributed by atoms with van der Waals surface area (Å²) in [5.74, 6) is 1.72. The van der Waals surface area contributed by atoms with Crippen LogP contribution in [-0.2, 0) is 0 Å². The topological polar surface area (TPSA) is 79.1 Å². The Morgan fingerprint density at radius 2 is 1.72 bits per heavy atom. The molecule has 3 atom stereocenters. The number of hydrogen-bond acceptors (Lipinski definition) is 7. The number of aryl methyl sites for hydroxylation is 1. The summed E-state index contributed by atoms with van der Waals surface area (Å²) >= 11 is 0. The molecule has 4 aromatic rings. The normalized spacial score (nSPS) is 21.6. The third-order valence-corrected chi connectivity index (χ3v) is 7.92. The predicted molar refractivity (Wildman–Crippen MR) is 152 cm³/mol. The zero-order valence-electron chi connectivity index (χ0n) is 22.3. The van der Waals surface area contributed by atoms with Crippen molar-refractivity contribution in [2.45, 2.75) is 63.6 Å². The number of halogens is 1. The van der Waals surface area contributed by atoms with Crippen LogP contribution >= 0.6 is 0 Å². The van der Waals surface area contributed by atoms with Crippen LogP contribution in [0.5, 0.6) is 0 Å². The Morgan fingerprint density at radius 1 is 0.897 bits per heavy atom. The van der Waals surface area contributed by atoms with E-state index in [0.717, 1.165) is 49.3 Å². The molecule has 1 aliphatic heterocycles. The number of aromatic nitrogens is 3. The maximum Gasteiger partial charge on any atom is 0.247 e. The number of anilines is 2. The minimum atomic E-state index is -0.215. The van der Waals surface area contributed by atoms with Crippen LogP contribution in [0.4, 0.5) is 15.9 Å². The van der Waals surface area contributed by atoms with Gasteiger partial charge in [0.05, 0.1) is 0 Å². The van der Waals surface area contributed by atoms with Crippen molar-refractivity contribution in [3.8, 4) is 22.6 Å². The average Bonchev–Trinajstić information content (AvgIpc) is 3.41. The van der Waals surface area contributed by atoms with Gasteiger partial charge in [0.25, 0.3) is 0 Å². The summed E-state index contributed by atoms with van der Waals surface area (Å²) in [5.41, 5.74) is 3.60. The highest BCUT2D eigenvalue weighted by Crippen LogP contribution is 2.28. The molecular weight excluding hydrogens is 491 g/mol. The summed E-state index contributed by atoms with van der Waals surface area (Å²) in [6.45, 7) is 3.83. The SMILES string of the molecule is Cc1nnc(-c2ccc(N3CCCC(N[C@@H]4CCCC[C@H]4Nc4cc(-c5ccccc5F)ccn4)C3)cc2)o1. The van der Waals surface area contributed by atoms with Gasteiger partial charge < -0.3 is 20.0 Å². The lowest BCUT2D eigenvalue weighted by molar-refractivity contribution is 0.293. The molecule has 2 aliphatic rings. The van der Waals surface area contributed by atoms with Crippen molar-refractivity contribution in [1.82, 2.24) is 20.5 Å². The smallest absolute Gasteiger partial charge is 0.247 e. The first-order chi connectivity index (χ1) is 19.1. The third kappa shape index (κ3) is 5.96. The van der Waals surface area contributed by atoms with Gasteiger partial charge >= 0.3 is 0 Å². The summed E-state index contributed by atoms with van der Waals surface area (Å²) in [7, 11) is 0. The number of hydrogen-bond donors (Lipinski definition) is 2. The number of benzene rings is 2. The van der Waals surface area contributed by atoms with Crippen LogP contribution in [0, 0.1) is 12.7 Å². The molecule has 2 aromatic heterocycles. The van der Waals surface area contributed by atoms with Gasteiger partial charge in [-0.05, 0) is 73.7 Å². The molecule has 8 heteroatoms. The van der Waals surface area contributed by atoms with Crippen molar-refractivity contribution in [2.75, 3.05) is 23.3 Å². The molecule has 6 rings (SSSR count). The van der Waals surface area contributed by atoms with E-state index in [4.69, 9.17) is 4.42 Å². The van der Waals surface area contributed by atoms with E-state index in [2.05, 4.69) is 55.0 Å². The van der Waals surface area contributed by atoms with Crippen molar-refractivity contribution in [3.05, 3.63) is 78.6 Å². The number of rotatable bonds is 7. The van der Waals surface area contributed by atoms with Gasteiger partial charge in [0, 0.05) is 61.1 Å². The number of nitrogens with zero attached hydrogens (tertiary/aromatic N) is 4. The van der Waals surface area contributed by atoms with E-state index >= 15 is 0 Å². The summed E-state index contributed by atoms with van der Waals surface area (Å²) < 4.78 is 19.9. The van der Waals surface area contributed by atoms with E-state index in [1.165, 1.54) is 31.0 Å². The number of piperidine rings is 1. The van der Waals surface area contributed by atoms with Gasteiger partial charge in [-0.2, -0.15) is 0 Å². The number of pyridine rings is 1. The van der Waals surface area contributed by atoms with E-state index in [-0.39, 0.29) is 11.9 Å². The predicted octanol–water partition coefficient (Wildman–Crippen LogP) is 6.23. The zero-order chi connectivity index (χ0) is 26.6. The fraction of sp³-hybridized carbons (Fsp3) is 0.387. The summed E-state index contributed by atoms with van der Waals surface area (Å²) in [6, 6.07) is 20.2. The Morgan fingerprint density at radius 3 is 2.51 bits per heavy atom. The van der Waals surface area contributed by atoms with Gasteiger partial charge in [-0.25, -0.2) is 9.37 Å². The van der Waals surface area contributed by atoms with Gasteiger partial charge in [-0.1, -0.05) is 31.0 Å². The quantitative estimate of drug-likeness (QED) is 0.296. The summed E-state index contributed by atoms with van der Waals surface area (Å²) in [5, 5.41) is 15.7. The molecule has 3 heterocycles. The molecule has 7 nitrogen and oxygen atoms in total. The van der Waals surface area contributed by atoms with Crippen LogP contribution in [0.15, 0.2) is 71.3 Å². The fourth-order valence-electron chi connectivity index (χ4n) is 5.94. The van der Waals surface area contributed by atoms with Crippen molar-refractivity contribution in [3.63, 3.8) is 0 Å². The van der Waals surface area contributed by atoms with Crippen LogP contribution < -0.4 is 15.5 Å². The van der Waals surface area contributed by atoms with Gasteiger partial charge in [0.2, 0.25) is 11.8 Å². The molecule has 2 N–H and O–H groups in total. The maximum atomic E-state index is 14.4. The standard InChI is InChI=1S/C31H35FN6O/c1-21-36-37-31(39-21)22-12-14-25(15-13-22)38-18-6-7-24(20-38)34-28-10-4-5-11-29(28)35-30-19-23(16-17-33-30)26-8-2-3-9-27(26)32/h2-3,8-9,12-17,19,24,28-29,34H,4-7,10-11,18,20H2,1H3,(H,33,35)/t24?,28-,29-/m1/s1. The lowest BCUT2D eigenvalue weighted by Gasteiger charge is -2.40. The van der Waals surface area contributed by atoms with Crippen LogP contribution in [0.3, 0.4) is 0 Å². The summed E-state index contributed by atoms with van der Waals surface area (Å²) in [4.78, 5) is 7.03. The van der Waals surface area contributed by atoms with Gasteiger partial charge in [-0.3, -0.25) is 0 Å². The van der Waals surface area contributed by atoms with Crippen molar-refractivity contribution < 1.29 is 8.81 Å². The lowest BCUT2D eigenvalue weighted by atomic mass is 9.89. The largest absolute Gasteiger partial charge is 0.421 e. The maximum absolute atomic E-state index is 14.4. The average molecular weight is 527 g/mol. The van der Waals surface area contributed by atoms with E-state index < -0.39 is 0 Å². The first-order valence-electron chi connectivity index (χ1n) is 14.0. The van der Waals surface area contributed by atoms with E-state index in [1.54, 1.807) is 19.2 Å². The van der Waals surface area contributed by atoms with Crippen LogP contribution in [0.25, 0.3) is 22.6 Å².